The van der Waals surface area contributed by atoms with Gasteiger partial charge in [-0.2, -0.15) is 0 Å². The van der Waals surface area contributed by atoms with Crippen LogP contribution in [0.4, 0.5) is 0 Å². The molecule has 2 saturated carbocycles. The van der Waals surface area contributed by atoms with Gasteiger partial charge in [-0.15, -0.1) is 12.4 Å². The SMILES string of the molecule is CN(CC1CCCOC1)C(=O)C1CC2CCCC(C1)C2N.Cl. The lowest BCUT2D eigenvalue weighted by Crippen LogP contribution is -2.49. The summed E-state index contributed by atoms with van der Waals surface area (Å²) in [6, 6.07) is 0.347. The molecule has 3 aliphatic rings. The lowest BCUT2D eigenvalue weighted by Gasteiger charge is -2.44. The number of nitrogens with zero attached hydrogens (tertiary/aromatic N) is 1. The van der Waals surface area contributed by atoms with Crippen LogP contribution in [0.1, 0.15) is 44.9 Å². The predicted molar refractivity (Wildman–Crippen MR) is 90.0 cm³/mol. The molecule has 4 nitrogen and oxygen atoms in total. The normalized spacial score (nSPS) is 38.0. The van der Waals surface area contributed by atoms with E-state index in [0.717, 1.165) is 39.0 Å². The second-order valence-electron chi connectivity index (χ2n) is 7.50. The summed E-state index contributed by atoms with van der Waals surface area (Å²) in [4.78, 5) is 14.7. The molecule has 0 aromatic heterocycles. The lowest BCUT2D eigenvalue weighted by molar-refractivity contribution is -0.138. The highest BCUT2D eigenvalue weighted by molar-refractivity contribution is 5.85. The first-order valence-corrected chi connectivity index (χ1v) is 8.73. The van der Waals surface area contributed by atoms with E-state index in [9.17, 15) is 4.79 Å². The fourth-order valence-corrected chi connectivity index (χ4v) is 4.73. The van der Waals surface area contributed by atoms with Gasteiger partial charge in [0.25, 0.3) is 0 Å². The van der Waals surface area contributed by atoms with Crippen LogP contribution >= 0.6 is 12.4 Å². The molecule has 128 valence electrons. The zero-order chi connectivity index (χ0) is 14.8. The van der Waals surface area contributed by atoms with Gasteiger partial charge in [-0.3, -0.25) is 4.79 Å². The molecule has 5 heteroatoms. The Morgan fingerprint density at radius 2 is 1.86 bits per heavy atom. The number of hydrogen-bond acceptors (Lipinski definition) is 3. The number of rotatable bonds is 3. The largest absolute Gasteiger partial charge is 0.381 e. The smallest absolute Gasteiger partial charge is 0.225 e. The Morgan fingerprint density at radius 3 is 2.45 bits per heavy atom. The zero-order valence-electron chi connectivity index (χ0n) is 13.7. The zero-order valence-corrected chi connectivity index (χ0v) is 14.5. The predicted octanol–water partition coefficient (Wildman–Crippen LogP) is 2.45. The van der Waals surface area contributed by atoms with Crippen LogP contribution in [-0.4, -0.2) is 43.7 Å². The van der Waals surface area contributed by atoms with Crippen molar-refractivity contribution in [3.8, 4) is 0 Å². The minimum absolute atomic E-state index is 0. The number of halogens is 1. The third-order valence-corrected chi connectivity index (χ3v) is 5.93. The summed E-state index contributed by atoms with van der Waals surface area (Å²) < 4.78 is 5.53. The highest BCUT2D eigenvalue weighted by Gasteiger charge is 2.41. The van der Waals surface area contributed by atoms with E-state index in [1.807, 2.05) is 11.9 Å². The second kappa shape index (κ2) is 7.98. The van der Waals surface area contributed by atoms with Crippen molar-refractivity contribution in [1.29, 1.82) is 0 Å². The summed E-state index contributed by atoms with van der Waals surface area (Å²) in [7, 11) is 1.97. The van der Waals surface area contributed by atoms with E-state index in [1.165, 1.54) is 25.7 Å². The number of amides is 1. The Bertz CT molecular complexity index is 360. The van der Waals surface area contributed by atoms with Crippen LogP contribution in [0.15, 0.2) is 0 Å². The van der Waals surface area contributed by atoms with Crippen molar-refractivity contribution in [2.24, 2.45) is 29.4 Å². The van der Waals surface area contributed by atoms with Gasteiger partial charge >= 0.3 is 0 Å². The maximum Gasteiger partial charge on any atom is 0.225 e. The molecule has 0 radical (unpaired) electrons. The van der Waals surface area contributed by atoms with Crippen molar-refractivity contribution < 1.29 is 9.53 Å². The average molecular weight is 331 g/mol. The first kappa shape index (κ1) is 18.0. The van der Waals surface area contributed by atoms with Crippen LogP contribution in [-0.2, 0) is 9.53 Å². The number of carbonyl (C=O) groups is 1. The second-order valence-corrected chi connectivity index (χ2v) is 7.50. The van der Waals surface area contributed by atoms with Gasteiger partial charge in [0, 0.05) is 32.2 Å². The van der Waals surface area contributed by atoms with Crippen LogP contribution in [0, 0.1) is 23.7 Å². The molecule has 2 N–H and O–H groups in total. The van der Waals surface area contributed by atoms with E-state index in [-0.39, 0.29) is 18.3 Å². The van der Waals surface area contributed by atoms with E-state index in [0.29, 0.717) is 29.7 Å². The van der Waals surface area contributed by atoms with Crippen molar-refractivity contribution in [1.82, 2.24) is 4.90 Å². The van der Waals surface area contributed by atoms with Crippen molar-refractivity contribution in [3.05, 3.63) is 0 Å². The monoisotopic (exact) mass is 330 g/mol. The Hall–Kier alpha value is -0.320. The molecule has 2 bridgehead atoms. The molecule has 3 atom stereocenters. The molecule has 2 aliphatic carbocycles. The van der Waals surface area contributed by atoms with Crippen LogP contribution in [0.3, 0.4) is 0 Å². The molecule has 3 fully saturated rings. The molecule has 1 amide bonds. The summed E-state index contributed by atoms with van der Waals surface area (Å²) in [5, 5.41) is 0. The van der Waals surface area contributed by atoms with Gasteiger partial charge in [0.15, 0.2) is 0 Å². The fourth-order valence-electron chi connectivity index (χ4n) is 4.73. The van der Waals surface area contributed by atoms with Crippen molar-refractivity contribution in [3.63, 3.8) is 0 Å². The summed E-state index contributed by atoms with van der Waals surface area (Å²) in [5.74, 6) is 2.26. The Balaban J connectivity index is 0.00000176. The molecule has 22 heavy (non-hydrogen) atoms. The molecule has 1 aliphatic heterocycles. The van der Waals surface area contributed by atoms with E-state index >= 15 is 0 Å². The molecule has 0 spiro atoms. The minimum Gasteiger partial charge on any atom is -0.381 e. The number of carbonyl (C=O) groups excluding carboxylic acids is 1. The maximum absolute atomic E-state index is 12.8. The third kappa shape index (κ3) is 3.95. The quantitative estimate of drug-likeness (QED) is 0.864. The Kier molecular flexibility index (Phi) is 6.54. The Labute approximate surface area is 140 Å². The molecular formula is C17H31ClN2O2. The third-order valence-electron chi connectivity index (χ3n) is 5.93. The molecule has 0 aromatic carbocycles. The van der Waals surface area contributed by atoms with E-state index < -0.39 is 0 Å². The van der Waals surface area contributed by atoms with Gasteiger partial charge in [-0.1, -0.05) is 6.42 Å². The van der Waals surface area contributed by atoms with Crippen molar-refractivity contribution in [2.45, 2.75) is 51.0 Å². The maximum atomic E-state index is 12.8. The van der Waals surface area contributed by atoms with Crippen LogP contribution in [0.2, 0.25) is 0 Å². The van der Waals surface area contributed by atoms with Gasteiger partial charge < -0.3 is 15.4 Å². The van der Waals surface area contributed by atoms with Gasteiger partial charge in [0.1, 0.15) is 0 Å². The van der Waals surface area contributed by atoms with Crippen LogP contribution < -0.4 is 5.73 Å². The van der Waals surface area contributed by atoms with E-state index in [1.54, 1.807) is 0 Å². The average Bonchev–Trinajstić information content (AvgIpc) is 2.47. The molecule has 0 aromatic rings. The number of fused-ring (bicyclic) bond motifs is 2. The number of ether oxygens (including phenoxy) is 1. The Morgan fingerprint density at radius 1 is 1.18 bits per heavy atom. The molecule has 3 rings (SSSR count). The lowest BCUT2D eigenvalue weighted by atomic mass is 9.65. The van der Waals surface area contributed by atoms with E-state index in [2.05, 4.69) is 0 Å². The van der Waals surface area contributed by atoms with Gasteiger partial charge in [0.05, 0.1) is 6.61 Å². The minimum atomic E-state index is 0. The highest BCUT2D eigenvalue weighted by Crippen LogP contribution is 2.42. The van der Waals surface area contributed by atoms with E-state index in [4.69, 9.17) is 10.5 Å². The van der Waals surface area contributed by atoms with Crippen molar-refractivity contribution in [2.75, 3.05) is 26.8 Å². The summed E-state index contributed by atoms with van der Waals surface area (Å²) in [6.45, 7) is 2.56. The molecule has 1 heterocycles. The summed E-state index contributed by atoms with van der Waals surface area (Å²) in [6.07, 6.45) is 8.11. The topological polar surface area (TPSA) is 55.6 Å². The standard InChI is InChI=1S/C17H30N2O2.ClH/c1-19(10-12-4-3-7-21-11-12)17(20)15-8-13-5-2-6-14(9-15)16(13)18;/h12-16H,2-11,18H2,1H3;1H. The van der Waals surface area contributed by atoms with Crippen LogP contribution in [0.5, 0.6) is 0 Å². The molecule has 1 saturated heterocycles. The first-order valence-electron chi connectivity index (χ1n) is 8.73. The van der Waals surface area contributed by atoms with Gasteiger partial charge in [-0.05, 0) is 56.3 Å². The fraction of sp³-hybridized carbons (Fsp3) is 0.941. The van der Waals surface area contributed by atoms with Crippen LogP contribution in [0.25, 0.3) is 0 Å². The highest BCUT2D eigenvalue weighted by atomic mass is 35.5. The molecular weight excluding hydrogens is 300 g/mol. The summed E-state index contributed by atoms with van der Waals surface area (Å²) >= 11 is 0. The first-order chi connectivity index (χ1) is 10.1. The summed E-state index contributed by atoms with van der Waals surface area (Å²) in [5.41, 5.74) is 6.33. The molecule has 3 unspecified atom stereocenters. The van der Waals surface area contributed by atoms with Gasteiger partial charge in [0.2, 0.25) is 5.91 Å². The van der Waals surface area contributed by atoms with Gasteiger partial charge in [-0.25, -0.2) is 0 Å². The number of nitrogens with two attached hydrogens (primary N) is 1. The van der Waals surface area contributed by atoms with Crippen molar-refractivity contribution >= 4 is 18.3 Å². The number of hydrogen-bond donors (Lipinski definition) is 1.